The number of anilines is 1. The van der Waals surface area contributed by atoms with E-state index in [1.165, 1.54) is 11.1 Å². The molecule has 0 aliphatic heterocycles. The first-order valence-electron chi connectivity index (χ1n) is 5.97. The van der Waals surface area contributed by atoms with E-state index in [2.05, 4.69) is 33.0 Å². The quantitative estimate of drug-likeness (QED) is 0.755. The number of rotatable bonds is 2. The number of fused-ring (bicyclic) bond motifs is 1. The van der Waals surface area contributed by atoms with E-state index in [1.807, 2.05) is 12.1 Å². The Balaban J connectivity index is 1.66. The number of amides is 2. The van der Waals surface area contributed by atoms with Gasteiger partial charge in [-0.1, -0.05) is 24.3 Å². The summed E-state index contributed by atoms with van der Waals surface area (Å²) in [5.74, 6) is 0. The van der Waals surface area contributed by atoms with Gasteiger partial charge in [0.15, 0.2) is 0 Å². The zero-order valence-corrected chi connectivity index (χ0v) is 9.81. The lowest BCUT2D eigenvalue weighted by molar-refractivity contribution is 0.248. The molecule has 0 radical (unpaired) electrons. The molecule has 3 rings (SSSR count). The predicted molar refractivity (Wildman–Crippen MR) is 68.2 cm³/mol. The fraction of sp³-hybridized carbons (Fsp3) is 0.231. The third kappa shape index (κ3) is 2.07. The maximum atomic E-state index is 11.8. The first-order chi connectivity index (χ1) is 8.83. The van der Waals surface area contributed by atoms with Gasteiger partial charge in [0.05, 0.1) is 17.9 Å². The van der Waals surface area contributed by atoms with Gasteiger partial charge in [-0.3, -0.25) is 5.10 Å². The van der Waals surface area contributed by atoms with Crippen molar-refractivity contribution in [3.05, 3.63) is 47.8 Å². The fourth-order valence-electron chi connectivity index (χ4n) is 2.35. The number of aromatic nitrogens is 2. The van der Waals surface area contributed by atoms with Crippen molar-refractivity contribution >= 4 is 11.7 Å². The van der Waals surface area contributed by atoms with Crippen molar-refractivity contribution in [2.45, 2.75) is 18.9 Å². The van der Waals surface area contributed by atoms with Gasteiger partial charge in [-0.2, -0.15) is 5.10 Å². The van der Waals surface area contributed by atoms with Crippen LogP contribution in [0.4, 0.5) is 10.5 Å². The molecule has 2 amide bonds. The molecular formula is C13H14N4O. The highest BCUT2D eigenvalue weighted by Crippen LogP contribution is 2.30. The van der Waals surface area contributed by atoms with Crippen LogP contribution in [-0.4, -0.2) is 16.2 Å². The van der Waals surface area contributed by atoms with Crippen molar-refractivity contribution in [1.82, 2.24) is 15.5 Å². The van der Waals surface area contributed by atoms with Crippen LogP contribution in [0.2, 0.25) is 0 Å². The van der Waals surface area contributed by atoms with Crippen LogP contribution in [0.5, 0.6) is 0 Å². The second kappa shape index (κ2) is 4.52. The van der Waals surface area contributed by atoms with Crippen molar-refractivity contribution < 1.29 is 4.79 Å². The molecule has 3 N–H and O–H groups in total. The minimum absolute atomic E-state index is 0.105. The third-order valence-electron chi connectivity index (χ3n) is 3.19. The number of aryl methyl sites for hydroxylation is 1. The molecule has 1 atom stereocenters. The molecule has 1 aliphatic rings. The van der Waals surface area contributed by atoms with Crippen molar-refractivity contribution in [2.75, 3.05) is 5.32 Å². The highest BCUT2D eigenvalue weighted by molar-refractivity contribution is 5.89. The Morgan fingerprint density at radius 1 is 1.39 bits per heavy atom. The summed E-state index contributed by atoms with van der Waals surface area (Å²) in [6.45, 7) is 0. The van der Waals surface area contributed by atoms with Crippen molar-refractivity contribution in [3.63, 3.8) is 0 Å². The lowest BCUT2D eigenvalue weighted by Crippen LogP contribution is -2.31. The van der Waals surface area contributed by atoms with Crippen LogP contribution in [0, 0.1) is 0 Å². The minimum atomic E-state index is -0.196. The molecule has 92 valence electrons. The van der Waals surface area contributed by atoms with Gasteiger partial charge >= 0.3 is 6.03 Å². The van der Waals surface area contributed by atoms with Crippen LogP contribution in [0.3, 0.4) is 0 Å². The maximum absolute atomic E-state index is 11.8. The monoisotopic (exact) mass is 242 g/mol. The summed E-state index contributed by atoms with van der Waals surface area (Å²) in [5.41, 5.74) is 3.21. The highest BCUT2D eigenvalue weighted by Gasteiger charge is 2.23. The molecule has 5 nitrogen and oxygen atoms in total. The maximum Gasteiger partial charge on any atom is 0.319 e. The second-order valence-corrected chi connectivity index (χ2v) is 4.38. The summed E-state index contributed by atoms with van der Waals surface area (Å²) in [5, 5.41) is 12.1. The molecule has 5 heteroatoms. The van der Waals surface area contributed by atoms with Crippen molar-refractivity contribution in [1.29, 1.82) is 0 Å². The van der Waals surface area contributed by atoms with Gasteiger partial charge in [-0.05, 0) is 24.0 Å². The number of carbonyl (C=O) groups is 1. The molecule has 1 aromatic carbocycles. The van der Waals surface area contributed by atoms with E-state index in [0.29, 0.717) is 5.69 Å². The summed E-state index contributed by atoms with van der Waals surface area (Å²) < 4.78 is 0. The fourth-order valence-corrected chi connectivity index (χ4v) is 2.35. The van der Waals surface area contributed by atoms with E-state index in [0.717, 1.165) is 12.8 Å². The zero-order chi connectivity index (χ0) is 12.4. The van der Waals surface area contributed by atoms with Crippen LogP contribution in [0.15, 0.2) is 36.7 Å². The van der Waals surface area contributed by atoms with Gasteiger partial charge in [0.1, 0.15) is 0 Å². The number of nitrogens with zero attached hydrogens (tertiary/aromatic N) is 1. The van der Waals surface area contributed by atoms with E-state index >= 15 is 0 Å². The summed E-state index contributed by atoms with van der Waals surface area (Å²) >= 11 is 0. The van der Waals surface area contributed by atoms with E-state index in [9.17, 15) is 4.79 Å². The van der Waals surface area contributed by atoms with Crippen molar-refractivity contribution in [2.24, 2.45) is 0 Å². The molecule has 0 unspecified atom stereocenters. The number of hydrogen-bond donors (Lipinski definition) is 3. The smallest absolute Gasteiger partial charge is 0.319 e. The largest absolute Gasteiger partial charge is 0.331 e. The summed E-state index contributed by atoms with van der Waals surface area (Å²) in [6, 6.07) is 8.14. The highest BCUT2D eigenvalue weighted by atomic mass is 16.2. The number of hydrogen-bond acceptors (Lipinski definition) is 2. The van der Waals surface area contributed by atoms with Gasteiger partial charge in [0.25, 0.3) is 0 Å². The van der Waals surface area contributed by atoms with E-state index in [1.54, 1.807) is 12.4 Å². The Kier molecular flexibility index (Phi) is 2.72. The van der Waals surface area contributed by atoms with E-state index < -0.39 is 0 Å². The Morgan fingerprint density at radius 2 is 2.28 bits per heavy atom. The summed E-state index contributed by atoms with van der Waals surface area (Å²) in [7, 11) is 0. The molecular weight excluding hydrogens is 228 g/mol. The normalized spacial score (nSPS) is 17.2. The predicted octanol–water partition coefficient (Wildman–Crippen LogP) is 2.22. The Labute approximate surface area is 105 Å². The minimum Gasteiger partial charge on any atom is -0.331 e. The van der Waals surface area contributed by atoms with Gasteiger partial charge in [-0.15, -0.1) is 0 Å². The third-order valence-corrected chi connectivity index (χ3v) is 3.19. The lowest BCUT2D eigenvalue weighted by Gasteiger charge is -2.14. The van der Waals surface area contributed by atoms with E-state index in [-0.39, 0.29) is 12.1 Å². The van der Waals surface area contributed by atoms with Crippen LogP contribution in [-0.2, 0) is 6.42 Å². The SMILES string of the molecule is O=C(Nc1cn[nH]c1)N[C@@H]1CCc2ccccc21. The molecule has 1 aromatic heterocycles. The van der Waals surface area contributed by atoms with Crippen LogP contribution in [0.25, 0.3) is 0 Å². The Bertz CT molecular complexity index is 550. The number of urea groups is 1. The average molecular weight is 242 g/mol. The van der Waals surface area contributed by atoms with Crippen LogP contribution < -0.4 is 10.6 Å². The second-order valence-electron chi connectivity index (χ2n) is 4.38. The Morgan fingerprint density at radius 3 is 3.11 bits per heavy atom. The number of H-pyrrole nitrogens is 1. The molecule has 0 bridgehead atoms. The lowest BCUT2D eigenvalue weighted by atomic mass is 10.1. The first kappa shape index (κ1) is 10.8. The molecule has 1 heterocycles. The number of carbonyl (C=O) groups excluding carboxylic acids is 1. The number of benzene rings is 1. The molecule has 1 aliphatic carbocycles. The molecule has 0 fully saturated rings. The number of nitrogens with one attached hydrogen (secondary N) is 3. The Hall–Kier alpha value is -2.30. The molecule has 0 spiro atoms. The van der Waals surface area contributed by atoms with Crippen molar-refractivity contribution in [3.8, 4) is 0 Å². The van der Waals surface area contributed by atoms with Gasteiger partial charge in [-0.25, -0.2) is 4.79 Å². The summed E-state index contributed by atoms with van der Waals surface area (Å²) in [4.78, 5) is 11.8. The molecule has 0 saturated carbocycles. The summed E-state index contributed by atoms with van der Waals surface area (Å²) in [6.07, 6.45) is 5.19. The molecule has 18 heavy (non-hydrogen) atoms. The molecule has 0 saturated heterocycles. The topological polar surface area (TPSA) is 69.8 Å². The number of aromatic amines is 1. The van der Waals surface area contributed by atoms with E-state index in [4.69, 9.17) is 0 Å². The molecule has 2 aromatic rings. The van der Waals surface area contributed by atoms with Gasteiger partial charge in [0, 0.05) is 6.20 Å². The standard InChI is InChI=1S/C13H14N4O/c18-13(16-10-7-14-15-8-10)17-12-6-5-9-3-1-2-4-11(9)12/h1-4,7-8,12H,5-6H2,(H,14,15)(H2,16,17,18)/t12-/m1/s1. The van der Waals surface area contributed by atoms with Gasteiger partial charge in [0.2, 0.25) is 0 Å². The zero-order valence-electron chi connectivity index (χ0n) is 9.81. The van der Waals surface area contributed by atoms with Gasteiger partial charge < -0.3 is 10.6 Å². The van der Waals surface area contributed by atoms with Crippen LogP contribution >= 0.6 is 0 Å². The van der Waals surface area contributed by atoms with Crippen LogP contribution in [0.1, 0.15) is 23.6 Å². The first-order valence-corrected chi connectivity index (χ1v) is 5.97. The average Bonchev–Trinajstić information content (AvgIpc) is 3.00.